The number of benzene rings is 1. The molecule has 0 bridgehead atoms. The second-order valence-corrected chi connectivity index (χ2v) is 7.85. The number of hydrogen-bond donors (Lipinski definition) is 0. The molecule has 2 rings (SSSR count). The van der Waals surface area contributed by atoms with Crippen molar-refractivity contribution >= 4 is 12.1 Å². The van der Waals surface area contributed by atoms with Crippen LogP contribution >= 0.6 is 0 Å². The van der Waals surface area contributed by atoms with Crippen molar-refractivity contribution in [3.8, 4) is 0 Å². The van der Waals surface area contributed by atoms with Gasteiger partial charge >= 0.3 is 12.1 Å². The molecule has 1 saturated heterocycles. The van der Waals surface area contributed by atoms with Gasteiger partial charge in [-0.15, -0.1) is 0 Å². The highest BCUT2D eigenvalue weighted by Crippen LogP contribution is 2.38. The Morgan fingerprint density at radius 1 is 1.23 bits per heavy atom. The van der Waals surface area contributed by atoms with Crippen LogP contribution in [0, 0.1) is 0 Å². The molecule has 0 saturated carbocycles. The Morgan fingerprint density at radius 3 is 2.38 bits per heavy atom. The summed E-state index contributed by atoms with van der Waals surface area (Å²) < 4.78 is 16.4. The molecular formula is C20H29NO5. The lowest BCUT2D eigenvalue weighted by molar-refractivity contribution is -0.142. The zero-order valence-corrected chi connectivity index (χ0v) is 16.5. The summed E-state index contributed by atoms with van der Waals surface area (Å²) in [5.41, 5.74) is 0.476. The summed E-state index contributed by atoms with van der Waals surface area (Å²) in [6, 6.07) is 7.36. The fourth-order valence-corrected chi connectivity index (χ4v) is 2.94. The lowest BCUT2D eigenvalue weighted by Gasteiger charge is -2.35. The smallest absolute Gasteiger partial charge is 0.413 e. The van der Waals surface area contributed by atoms with Crippen molar-refractivity contribution in [2.45, 2.75) is 65.3 Å². The zero-order chi connectivity index (χ0) is 19.5. The van der Waals surface area contributed by atoms with Crippen molar-refractivity contribution in [3.05, 3.63) is 35.4 Å². The number of esters is 1. The molecular weight excluding hydrogens is 334 g/mol. The monoisotopic (exact) mass is 363 g/mol. The van der Waals surface area contributed by atoms with E-state index in [0.717, 1.165) is 11.1 Å². The molecule has 1 amide bonds. The third kappa shape index (κ3) is 4.97. The van der Waals surface area contributed by atoms with E-state index in [2.05, 4.69) is 0 Å². The number of rotatable bonds is 4. The van der Waals surface area contributed by atoms with Crippen molar-refractivity contribution < 1.29 is 23.8 Å². The van der Waals surface area contributed by atoms with E-state index in [9.17, 15) is 9.59 Å². The molecule has 0 N–H and O–H groups in total. The molecule has 6 heteroatoms. The van der Waals surface area contributed by atoms with Gasteiger partial charge in [0.2, 0.25) is 0 Å². The SMILES string of the molecule is CCOC(=O)Cc1ccc([C@H]2COC(C)(C)N2C(=O)OC(C)(C)C)cc1. The molecule has 0 spiro atoms. The summed E-state index contributed by atoms with van der Waals surface area (Å²) in [7, 11) is 0. The van der Waals surface area contributed by atoms with Crippen molar-refractivity contribution in [3.63, 3.8) is 0 Å². The first-order chi connectivity index (χ1) is 12.0. The third-order valence-corrected chi connectivity index (χ3v) is 4.09. The predicted molar refractivity (Wildman–Crippen MR) is 97.6 cm³/mol. The Hall–Kier alpha value is -2.08. The number of carbonyl (C=O) groups excluding carboxylic acids is 2. The molecule has 0 aromatic heterocycles. The second kappa shape index (κ2) is 7.66. The minimum absolute atomic E-state index is 0.233. The summed E-state index contributed by atoms with van der Waals surface area (Å²) in [5.74, 6) is -0.249. The standard InChI is InChI=1S/C20H29NO5/c1-7-24-17(22)12-14-8-10-15(11-9-14)16-13-25-20(5,6)21(16)18(23)26-19(2,3)4/h8-11,16H,7,12-13H2,1-6H3/t16-/m1/s1. The van der Waals surface area contributed by atoms with Gasteiger partial charge in [0.15, 0.2) is 0 Å². The molecule has 0 radical (unpaired) electrons. The Labute approximate surface area is 155 Å². The minimum Gasteiger partial charge on any atom is -0.466 e. The van der Waals surface area contributed by atoms with Crippen molar-refractivity contribution in [2.75, 3.05) is 13.2 Å². The lowest BCUT2D eigenvalue weighted by Crippen LogP contribution is -2.47. The summed E-state index contributed by atoms with van der Waals surface area (Å²) in [6.45, 7) is 11.8. The highest BCUT2D eigenvalue weighted by molar-refractivity contribution is 5.72. The van der Waals surface area contributed by atoms with Crippen molar-refractivity contribution in [2.24, 2.45) is 0 Å². The average molecular weight is 363 g/mol. The Bertz CT molecular complexity index is 645. The topological polar surface area (TPSA) is 65.1 Å². The molecule has 0 unspecified atom stereocenters. The largest absolute Gasteiger partial charge is 0.466 e. The van der Waals surface area contributed by atoms with E-state index < -0.39 is 17.4 Å². The van der Waals surface area contributed by atoms with Crippen molar-refractivity contribution in [1.82, 2.24) is 4.90 Å². The third-order valence-electron chi connectivity index (χ3n) is 4.09. The highest BCUT2D eigenvalue weighted by Gasteiger charge is 2.46. The van der Waals surface area contributed by atoms with E-state index >= 15 is 0 Å². The lowest BCUT2D eigenvalue weighted by atomic mass is 10.0. The fourth-order valence-electron chi connectivity index (χ4n) is 2.94. The van der Waals surface area contributed by atoms with Gasteiger partial charge in [-0.2, -0.15) is 0 Å². The Balaban J connectivity index is 2.17. The summed E-state index contributed by atoms with van der Waals surface area (Å²) >= 11 is 0. The zero-order valence-electron chi connectivity index (χ0n) is 16.5. The average Bonchev–Trinajstić information content (AvgIpc) is 2.82. The first-order valence-corrected chi connectivity index (χ1v) is 8.94. The number of hydrogen-bond acceptors (Lipinski definition) is 5. The van der Waals surface area contributed by atoms with Crippen LogP contribution in [0.25, 0.3) is 0 Å². The van der Waals surface area contributed by atoms with Gasteiger partial charge in [-0.3, -0.25) is 9.69 Å². The maximum absolute atomic E-state index is 12.7. The van der Waals surface area contributed by atoms with E-state index in [-0.39, 0.29) is 18.4 Å². The first kappa shape index (κ1) is 20.2. The van der Waals surface area contributed by atoms with Crippen molar-refractivity contribution in [1.29, 1.82) is 0 Å². The van der Waals surface area contributed by atoms with E-state index in [1.807, 2.05) is 58.9 Å². The van der Waals surface area contributed by atoms with Gasteiger partial charge in [0, 0.05) is 0 Å². The Kier molecular flexibility index (Phi) is 5.96. The highest BCUT2D eigenvalue weighted by atomic mass is 16.6. The van der Waals surface area contributed by atoms with Gasteiger partial charge in [0.25, 0.3) is 0 Å². The van der Waals surface area contributed by atoms with Crippen LogP contribution in [0.4, 0.5) is 4.79 Å². The molecule has 1 heterocycles. The first-order valence-electron chi connectivity index (χ1n) is 8.94. The molecule has 144 valence electrons. The van der Waals surface area contributed by atoms with Crippen LogP contribution in [0.2, 0.25) is 0 Å². The van der Waals surface area contributed by atoms with E-state index in [1.165, 1.54) is 0 Å². The number of ether oxygens (including phenoxy) is 3. The van der Waals surface area contributed by atoms with Crippen LogP contribution in [0.3, 0.4) is 0 Å². The molecule has 0 aliphatic carbocycles. The Morgan fingerprint density at radius 2 is 1.85 bits per heavy atom. The van der Waals surface area contributed by atoms with Gasteiger partial charge < -0.3 is 14.2 Å². The van der Waals surface area contributed by atoms with E-state index in [4.69, 9.17) is 14.2 Å². The van der Waals surface area contributed by atoms with Gasteiger partial charge in [0.1, 0.15) is 11.3 Å². The van der Waals surface area contributed by atoms with E-state index in [0.29, 0.717) is 13.2 Å². The van der Waals surface area contributed by atoms with Gasteiger partial charge in [-0.25, -0.2) is 4.79 Å². The van der Waals surface area contributed by atoms with Crippen LogP contribution in [0.1, 0.15) is 58.7 Å². The maximum atomic E-state index is 12.7. The molecule has 1 atom stereocenters. The van der Waals surface area contributed by atoms with Crippen LogP contribution < -0.4 is 0 Å². The number of carbonyl (C=O) groups is 2. The second-order valence-electron chi connectivity index (χ2n) is 7.85. The van der Waals surface area contributed by atoms with Gasteiger partial charge in [0.05, 0.1) is 25.7 Å². The summed E-state index contributed by atoms with van der Waals surface area (Å²) in [5, 5.41) is 0. The molecule has 1 aromatic carbocycles. The summed E-state index contributed by atoms with van der Waals surface area (Å²) in [6.07, 6.45) is -0.170. The molecule has 1 fully saturated rings. The fraction of sp³-hybridized carbons (Fsp3) is 0.600. The van der Waals surface area contributed by atoms with Crippen LogP contribution in [-0.4, -0.2) is 41.5 Å². The summed E-state index contributed by atoms with van der Waals surface area (Å²) in [4.78, 5) is 25.9. The predicted octanol–water partition coefficient (Wildman–Crippen LogP) is 3.84. The van der Waals surface area contributed by atoms with Gasteiger partial charge in [-0.05, 0) is 52.7 Å². The molecule has 1 aromatic rings. The number of amides is 1. The quantitative estimate of drug-likeness (QED) is 0.761. The minimum atomic E-state index is -0.753. The molecule has 1 aliphatic rings. The van der Waals surface area contributed by atoms with Crippen LogP contribution in [-0.2, 0) is 25.4 Å². The molecule has 1 aliphatic heterocycles. The molecule has 26 heavy (non-hydrogen) atoms. The number of nitrogens with zero attached hydrogens (tertiary/aromatic N) is 1. The van der Waals surface area contributed by atoms with Gasteiger partial charge in [-0.1, -0.05) is 24.3 Å². The normalized spacial score (nSPS) is 19.3. The maximum Gasteiger partial charge on any atom is 0.413 e. The van der Waals surface area contributed by atoms with Crippen LogP contribution in [0.5, 0.6) is 0 Å². The van der Waals surface area contributed by atoms with Crippen LogP contribution in [0.15, 0.2) is 24.3 Å². The van der Waals surface area contributed by atoms with E-state index in [1.54, 1.807) is 11.8 Å². The molecule has 6 nitrogen and oxygen atoms in total.